The van der Waals surface area contributed by atoms with Gasteiger partial charge in [-0.1, -0.05) is 47.5 Å². The van der Waals surface area contributed by atoms with Crippen molar-refractivity contribution >= 4 is 40.7 Å². The molecule has 0 saturated heterocycles. The van der Waals surface area contributed by atoms with E-state index in [1.54, 1.807) is 47.1 Å². The van der Waals surface area contributed by atoms with E-state index in [0.29, 0.717) is 44.3 Å². The maximum absolute atomic E-state index is 13.5. The number of phenolic OH excluding ortho intramolecular Hbond substituents is 1. The molecule has 0 spiro atoms. The summed E-state index contributed by atoms with van der Waals surface area (Å²) in [5.74, 6) is 0.761. The molecule has 0 saturated carbocycles. The van der Waals surface area contributed by atoms with Gasteiger partial charge in [0.25, 0.3) is 5.91 Å². The number of rotatable bonds is 4. The summed E-state index contributed by atoms with van der Waals surface area (Å²) in [6.45, 7) is 1.81. The van der Waals surface area contributed by atoms with Gasteiger partial charge in [-0.25, -0.2) is 4.68 Å². The minimum atomic E-state index is -0.650. The molecule has 0 fully saturated rings. The van der Waals surface area contributed by atoms with Gasteiger partial charge in [-0.3, -0.25) is 4.79 Å². The van der Waals surface area contributed by atoms with Crippen LogP contribution < -0.4 is 10.6 Å². The summed E-state index contributed by atoms with van der Waals surface area (Å²) < 4.78 is 1.64. The maximum Gasteiger partial charge on any atom is 0.255 e. The van der Waals surface area contributed by atoms with Crippen molar-refractivity contribution in [3.05, 3.63) is 99.7 Å². The van der Waals surface area contributed by atoms with Crippen molar-refractivity contribution in [3.63, 3.8) is 0 Å². The van der Waals surface area contributed by atoms with Gasteiger partial charge in [0.2, 0.25) is 5.95 Å². The number of hydrogen-bond acceptors (Lipinski definition) is 5. The number of phenols is 1. The Morgan fingerprint density at radius 2 is 1.79 bits per heavy atom. The molecule has 7 nitrogen and oxygen atoms in total. The fraction of sp³-hybridized carbons (Fsp3) is 0.0800. The average Bonchev–Trinajstić information content (AvgIpc) is 3.23. The van der Waals surface area contributed by atoms with Gasteiger partial charge in [0.1, 0.15) is 11.8 Å². The Morgan fingerprint density at radius 1 is 1.06 bits per heavy atom. The van der Waals surface area contributed by atoms with Crippen LogP contribution in [0.5, 0.6) is 5.75 Å². The molecule has 1 atom stereocenters. The summed E-state index contributed by atoms with van der Waals surface area (Å²) in [4.78, 5) is 18.1. The van der Waals surface area contributed by atoms with Crippen molar-refractivity contribution in [3.8, 4) is 17.1 Å². The molecule has 9 heteroatoms. The normalized spacial score (nSPS) is 15.0. The van der Waals surface area contributed by atoms with Gasteiger partial charge in [-0.15, -0.1) is 5.10 Å². The lowest BCUT2D eigenvalue weighted by Crippen LogP contribution is -2.31. The Bertz CT molecular complexity index is 1420. The smallest absolute Gasteiger partial charge is 0.255 e. The van der Waals surface area contributed by atoms with Gasteiger partial charge < -0.3 is 15.7 Å². The number of para-hydroxylation sites is 1. The van der Waals surface area contributed by atoms with Crippen LogP contribution >= 0.6 is 23.2 Å². The van der Waals surface area contributed by atoms with Gasteiger partial charge in [-0.2, -0.15) is 4.98 Å². The summed E-state index contributed by atoms with van der Waals surface area (Å²) in [6.07, 6.45) is 0. The topological polar surface area (TPSA) is 92.1 Å². The molecule has 1 unspecified atom stereocenters. The highest BCUT2D eigenvalue weighted by Crippen LogP contribution is 2.40. The number of carbonyl (C=O) groups excluding carboxylic acids is 1. The number of hydrogen-bond donors (Lipinski definition) is 3. The number of aromatic hydroxyl groups is 1. The van der Waals surface area contributed by atoms with Crippen LogP contribution in [-0.4, -0.2) is 25.8 Å². The molecule has 5 rings (SSSR count). The molecule has 34 heavy (non-hydrogen) atoms. The summed E-state index contributed by atoms with van der Waals surface area (Å²) in [5, 5.41) is 21.4. The van der Waals surface area contributed by atoms with Gasteiger partial charge in [0.15, 0.2) is 5.82 Å². The second-order valence-corrected chi connectivity index (χ2v) is 8.65. The first-order valence-electron chi connectivity index (χ1n) is 10.5. The lowest BCUT2D eigenvalue weighted by atomic mass is 9.95. The van der Waals surface area contributed by atoms with Gasteiger partial charge in [-0.05, 0) is 55.5 Å². The third kappa shape index (κ3) is 4.11. The molecule has 3 aromatic carbocycles. The summed E-state index contributed by atoms with van der Waals surface area (Å²) in [6, 6.07) is 20.3. The largest absolute Gasteiger partial charge is 0.508 e. The van der Waals surface area contributed by atoms with Gasteiger partial charge >= 0.3 is 0 Å². The predicted octanol–water partition coefficient (Wildman–Crippen LogP) is 5.89. The molecule has 0 bridgehead atoms. The van der Waals surface area contributed by atoms with Crippen LogP contribution in [0.2, 0.25) is 10.0 Å². The third-order valence-electron chi connectivity index (χ3n) is 5.51. The lowest BCUT2D eigenvalue weighted by Gasteiger charge is -2.29. The van der Waals surface area contributed by atoms with Gasteiger partial charge in [0.05, 0.1) is 5.57 Å². The number of benzene rings is 3. The maximum atomic E-state index is 13.5. The van der Waals surface area contributed by atoms with Gasteiger partial charge in [0, 0.05) is 32.6 Å². The van der Waals surface area contributed by atoms with E-state index in [2.05, 4.69) is 15.6 Å². The molecule has 170 valence electrons. The molecular weight excluding hydrogens is 473 g/mol. The van der Waals surface area contributed by atoms with Crippen LogP contribution in [0.25, 0.3) is 11.4 Å². The first-order chi connectivity index (χ1) is 16.4. The molecule has 1 aliphatic rings. The number of carbonyl (C=O) groups is 1. The van der Waals surface area contributed by atoms with Crippen LogP contribution in [0, 0.1) is 0 Å². The number of allylic oxidation sites excluding steroid dienone is 1. The van der Waals surface area contributed by atoms with Crippen LogP contribution in [0.15, 0.2) is 84.1 Å². The number of amides is 1. The summed E-state index contributed by atoms with van der Waals surface area (Å²) in [7, 11) is 0. The third-order valence-corrected chi connectivity index (χ3v) is 6.07. The molecule has 1 aliphatic heterocycles. The Balaban J connectivity index is 1.63. The molecule has 3 N–H and O–H groups in total. The molecule has 1 aromatic heterocycles. The van der Waals surface area contributed by atoms with E-state index in [-0.39, 0.29) is 11.7 Å². The number of halogens is 2. The van der Waals surface area contributed by atoms with E-state index in [1.165, 1.54) is 0 Å². The highest BCUT2D eigenvalue weighted by atomic mass is 35.5. The van der Waals surface area contributed by atoms with E-state index in [1.807, 2.05) is 37.3 Å². The molecule has 1 amide bonds. The lowest BCUT2D eigenvalue weighted by molar-refractivity contribution is -0.113. The number of fused-ring (bicyclic) bond motifs is 1. The Labute approximate surface area is 205 Å². The second kappa shape index (κ2) is 8.85. The Morgan fingerprint density at radius 3 is 2.50 bits per heavy atom. The van der Waals surface area contributed by atoms with Crippen molar-refractivity contribution in [2.45, 2.75) is 13.0 Å². The second-order valence-electron chi connectivity index (χ2n) is 7.80. The first-order valence-corrected chi connectivity index (χ1v) is 11.2. The number of anilines is 2. The monoisotopic (exact) mass is 491 g/mol. The predicted molar refractivity (Wildman–Crippen MR) is 133 cm³/mol. The average molecular weight is 492 g/mol. The Hall–Kier alpha value is -3.81. The van der Waals surface area contributed by atoms with Crippen molar-refractivity contribution in [2.75, 3.05) is 10.6 Å². The number of aromatic nitrogens is 3. The SMILES string of the molecule is CC1=C(C(=O)Nc2ccccc2)C(c2ccc(Cl)cc2Cl)n2nc(-c3ccc(O)cc3)nc2N1. The van der Waals surface area contributed by atoms with E-state index >= 15 is 0 Å². The molecule has 4 aromatic rings. The van der Waals surface area contributed by atoms with E-state index in [0.717, 1.165) is 5.56 Å². The molecule has 2 heterocycles. The standard InChI is InChI=1S/C25H19Cl2N5O2/c1-14-21(24(34)29-17-5-3-2-4-6-17)22(19-12-9-16(26)13-20(19)27)32-25(28-14)30-23(31-32)15-7-10-18(33)11-8-15/h2-13,22,33H,1H3,(H,29,34)(H,28,30,31). The van der Waals surface area contributed by atoms with E-state index in [4.69, 9.17) is 28.3 Å². The quantitative estimate of drug-likeness (QED) is 0.331. The highest BCUT2D eigenvalue weighted by molar-refractivity contribution is 6.35. The van der Waals surface area contributed by atoms with Crippen LogP contribution in [0.4, 0.5) is 11.6 Å². The molecular formula is C25H19Cl2N5O2. The molecule has 0 radical (unpaired) electrons. The fourth-order valence-corrected chi connectivity index (χ4v) is 4.42. The Kier molecular flexibility index (Phi) is 5.73. The first kappa shape index (κ1) is 22.0. The van der Waals surface area contributed by atoms with Crippen molar-refractivity contribution < 1.29 is 9.90 Å². The number of nitrogens with one attached hydrogen (secondary N) is 2. The highest BCUT2D eigenvalue weighted by Gasteiger charge is 2.35. The van der Waals surface area contributed by atoms with Crippen LogP contribution in [0.1, 0.15) is 18.5 Å². The minimum absolute atomic E-state index is 0.147. The minimum Gasteiger partial charge on any atom is -0.508 e. The molecule has 0 aliphatic carbocycles. The zero-order chi connectivity index (χ0) is 23.8. The fourth-order valence-electron chi connectivity index (χ4n) is 3.91. The summed E-state index contributed by atoms with van der Waals surface area (Å²) in [5.41, 5.74) is 3.12. The van der Waals surface area contributed by atoms with E-state index in [9.17, 15) is 9.90 Å². The van der Waals surface area contributed by atoms with Crippen molar-refractivity contribution in [1.82, 2.24) is 14.8 Å². The number of nitrogens with zero attached hydrogens (tertiary/aromatic N) is 3. The summed E-state index contributed by atoms with van der Waals surface area (Å²) >= 11 is 12.7. The van der Waals surface area contributed by atoms with Crippen molar-refractivity contribution in [1.29, 1.82) is 0 Å². The van der Waals surface area contributed by atoms with E-state index < -0.39 is 6.04 Å². The van der Waals surface area contributed by atoms with Crippen LogP contribution in [0.3, 0.4) is 0 Å². The van der Waals surface area contributed by atoms with Crippen LogP contribution in [-0.2, 0) is 4.79 Å². The zero-order valence-corrected chi connectivity index (χ0v) is 19.5. The van der Waals surface area contributed by atoms with Crippen molar-refractivity contribution in [2.24, 2.45) is 0 Å². The zero-order valence-electron chi connectivity index (χ0n) is 18.0.